The second-order valence-electron chi connectivity index (χ2n) is 5.91. The minimum absolute atomic E-state index is 0.698. The Morgan fingerprint density at radius 3 is 2.25 bits per heavy atom. The van der Waals surface area contributed by atoms with Crippen LogP contribution in [0.3, 0.4) is 0 Å². The number of hydrogen-bond donors (Lipinski definition) is 1. The van der Waals surface area contributed by atoms with Gasteiger partial charge in [-0.2, -0.15) is 0 Å². The fraction of sp³-hybridized carbons (Fsp3) is 1.00. The Labute approximate surface area is 102 Å². The number of rotatable bonds is 6. The van der Waals surface area contributed by atoms with Crippen molar-refractivity contribution in [2.45, 2.75) is 52.0 Å². The maximum absolute atomic E-state index is 3.53. The van der Waals surface area contributed by atoms with Crippen LogP contribution in [0, 0.1) is 11.8 Å². The highest BCUT2D eigenvalue weighted by atomic mass is 15.1. The molecule has 1 aliphatic carbocycles. The lowest BCUT2D eigenvalue weighted by molar-refractivity contribution is 0.200. The lowest BCUT2D eigenvalue weighted by Gasteiger charge is -2.33. The van der Waals surface area contributed by atoms with Crippen LogP contribution in [0.5, 0.6) is 0 Å². The molecule has 0 bridgehead atoms. The van der Waals surface area contributed by atoms with Gasteiger partial charge in [0, 0.05) is 19.1 Å². The first-order chi connectivity index (χ1) is 7.63. The smallest absolute Gasteiger partial charge is 0.0220 e. The molecule has 1 saturated carbocycles. The zero-order chi connectivity index (χ0) is 12.0. The highest BCUT2D eigenvalue weighted by molar-refractivity contribution is 4.80. The third-order valence-corrected chi connectivity index (χ3v) is 3.77. The van der Waals surface area contributed by atoms with E-state index >= 15 is 0 Å². The Kier molecular flexibility index (Phi) is 6.37. The maximum atomic E-state index is 3.53. The normalized spacial score (nSPS) is 20.6. The van der Waals surface area contributed by atoms with Crippen molar-refractivity contribution in [2.75, 3.05) is 27.2 Å². The largest absolute Gasteiger partial charge is 0.315 e. The zero-order valence-electron chi connectivity index (χ0n) is 11.6. The van der Waals surface area contributed by atoms with Gasteiger partial charge < -0.3 is 10.2 Å². The Balaban J connectivity index is 2.34. The van der Waals surface area contributed by atoms with Gasteiger partial charge in [-0.05, 0) is 38.8 Å². The average molecular weight is 226 g/mol. The van der Waals surface area contributed by atoms with Gasteiger partial charge in [0.15, 0.2) is 0 Å². The lowest BCUT2D eigenvalue weighted by Crippen LogP contribution is -2.44. The van der Waals surface area contributed by atoms with Gasteiger partial charge in [-0.15, -0.1) is 0 Å². The number of nitrogens with one attached hydrogen (secondary N) is 1. The zero-order valence-corrected chi connectivity index (χ0v) is 11.6. The third kappa shape index (κ3) is 4.84. The molecule has 1 fully saturated rings. The van der Waals surface area contributed by atoms with Gasteiger partial charge in [0.25, 0.3) is 0 Å². The summed E-state index contributed by atoms with van der Waals surface area (Å²) in [5, 5.41) is 3.53. The van der Waals surface area contributed by atoms with Crippen LogP contribution in [0.2, 0.25) is 0 Å². The molecule has 2 nitrogen and oxygen atoms in total. The molecule has 0 aromatic carbocycles. The molecule has 0 radical (unpaired) electrons. The van der Waals surface area contributed by atoms with E-state index < -0.39 is 0 Å². The summed E-state index contributed by atoms with van der Waals surface area (Å²) >= 11 is 0. The Hall–Kier alpha value is -0.0800. The molecule has 16 heavy (non-hydrogen) atoms. The summed E-state index contributed by atoms with van der Waals surface area (Å²) in [4.78, 5) is 2.49. The fourth-order valence-electron chi connectivity index (χ4n) is 3.05. The predicted molar refractivity (Wildman–Crippen MR) is 71.8 cm³/mol. The van der Waals surface area contributed by atoms with E-state index in [2.05, 4.69) is 38.2 Å². The van der Waals surface area contributed by atoms with Crippen LogP contribution < -0.4 is 5.32 Å². The molecule has 1 aliphatic rings. The Bertz CT molecular complexity index is 174. The summed E-state index contributed by atoms with van der Waals surface area (Å²) in [6.45, 7) is 7.02. The molecule has 0 aromatic heterocycles. The summed E-state index contributed by atoms with van der Waals surface area (Å²) in [6, 6.07) is 0.698. The summed E-state index contributed by atoms with van der Waals surface area (Å²) in [6.07, 6.45) is 7.20. The average Bonchev–Trinajstić information content (AvgIpc) is 2.26. The second kappa shape index (κ2) is 7.29. The molecule has 0 spiro atoms. The third-order valence-electron chi connectivity index (χ3n) is 3.77. The predicted octanol–water partition coefficient (Wildman–Crippen LogP) is 2.74. The number of nitrogens with zero attached hydrogens (tertiary/aromatic N) is 1. The van der Waals surface area contributed by atoms with E-state index in [1.54, 1.807) is 0 Å². The van der Waals surface area contributed by atoms with E-state index in [0.717, 1.165) is 11.8 Å². The van der Waals surface area contributed by atoms with Gasteiger partial charge in [-0.25, -0.2) is 0 Å². The Morgan fingerprint density at radius 2 is 1.75 bits per heavy atom. The molecule has 0 heterocycles. The maximum Gasteiger partial charge on any atom is 0.0220 e. The minimum Gasteiger partial charge on any atom is -0.315 e. The molecule has 0 saturated heterocycles. The highest BCUT2D eigenvalue weighted by Crippen LogP contribution is 2.26. The summed E-state index contributed by atoms with van der Waals surface area (Å²) in [5.41, 5.74) is 0. The molecule has 1 unspecified atom stereocenters. The van der Waals surface area contributed by atoms with E-state index in [0.29, 0.717) is 6.04 Å². The monoisotopic (exact) mass is 226 g/mol. The summed E-state index contributed by atoms with van der Waals surface area (Å²) in [7, 11) is 4.38. The molecule has 0 aromatic rings. The van der Waals surface area contributed by atoms with Crippen molar-refractivity contribution < 1.29 is 0 Å². The van der Waals surface area contributed by atoms with Crippen molar-refractivity contribution in [3.63, 3.8) is 0 Å². The summed E-state index contributed by atoms with van der Waals surface area (Å²) in [5.74, 6) is 1.68. The van der Waals surface area contributed by atoms with E-state index in [1.807, 2.05) is 0 Å². The molecule has 96 valence electrons. The molecule has 1 atom stereocenters. The van der Waals surface area contributed by atoms with Gasteiger partial charge in [0.1, 0.15) is 0 Å². The minimum atomic E-state index is 0.698. The molecule has 1 rings (SSSR count). The van der Waals surface area contributed by atoms with E-state index in [1.165, 1.54) is 45.2 Å². The lowest BCUT2D eigenvalue weighted by atomic mass is 9.83. The molecule has 2 heteroatoms. The number of likely N-dealkylation sites (N-methyl/N-ethyl adjacent to an activating group) is 2. The highest BCUT2D eigenvalue weighted by Gasteiger charge is 2.23. The van der Waals surface area contributed by atoms with Crippen molar-refractivity contribution in [3.05, 3.63) is 0 Å². The van der Waals surface area contributed by atoms with Crippen LogP contribution in [0.1, 0.15) is 46.0 Å². The SMILES string of the molecule is CNC(CN(C)CC(C)C)C1CCCCC1. The topological polar surface area (TPSA) is 15.3 Å². The van der Waals surface area contributed by atoms with Crippen LogP contribution in [0.15, 0.2) is 0 Å². The molecular formula is C14H30N2. The van der Waals surface area contributed by atoms with Gasteiger partial charge in [-0.1, -0.05) is 33.1 Å². The number of hydrogen-bond acceptors (Lipinski definition) is 2. The summed E-state index contributed by atoms with van der Waals surface area (Å²) < 4.78 is 0. The quantitative estimate of drug-likeness (QED) is 0.749. The standard InChI is InChI=1S/C14H30N2/c1-12(2)10-16(4)11-14(15-3)13-8-6-5-7-9-13/h12-15H,5-11H2,1-4H3. The van der Waals surface area contributed by atoms with Gasteiger partial charge in [-0.3, -0.25) is 0 Å². The molecule has 0 amide bonds. The van der Waals surface area contributed by atoms with E-state index in [-0.39, 0.29) is 0 Å². The fourth-order valence-corrected chi connectivity index (χ4v) is 3.05. The van der Waals surface area contributed by atoms with Crippen LogP contribution in [-0.4, -0.2) is 38.1 Å². The van der Waals surface area contributed by atoms with Crippen LogP contribution in [0.25, 0.3) is 0 Å². The van der Waals surface area contributed by atoms with Gasteiger partial charge in [0.2, 0.25) is 0 Å². The van der Waals surface area contributed by atoms with Crippen molar-refractivity contribution in [1.29, 1.82) is 0 Å². The van der Waals surface area contributed by atoms with Gasteiger partial charge in [0.05, 0.1) is 0 Å². The van der Waals surface area contributed by atoms with Crippen LogP contribution in [-0.2, 0) is 0 Å². The van der Waals surface area contributed by atoms with Crippen molar-refractivity contribution >= 4 is 0 Å². The second-order valence-corrected chi connectivity index (χ2v) is 5.91. The Morgan fingerprint density at radius 1 is 1.12 bits per heavy atom. The molecule has 0 aliphatic heterocycles. The first-order valence-corrected chi connectivity index (χ1v) is 6.99. The van der Waals surface area contributed by atoms with E-state index in [4.69, 9.17) is 0 Å². The molecular weight excluding hydrogens is 196 g/mol. The van der Waals surface area contributed by atoms with Gasteiger partial charge >= 0.3 is 0 Å². The van der Waals surface area contributed by atoms with Crippen molar-refractivity contribution in [1.82, 2.24) is 10.2 Å². The van der Waals surface area contributed by atoms with Crippen molar-refractivity contribution in [2.24, 2.45) is 11.8 Å². The van der Waals surface area contributed by atoms with Crippen LogP contribution in [0.4, 0.5) is 0 Å². The molecule has 1 N–H and O–H groups in total. The van der Waals surface area contributed by atoms with E-state index in [9.17, 15) is 0 Å². The van der Waals surface area contributed by atoms with Crippen molar-refractivity contribution in [3.8, 4) is 0 Å². The first-order valence-electron chi connectivity index (χ1n) is 6.99. The van der Waals surface area contributed by atoms with Crippen LogP contribution >= 0.6 is 0 Å². The first kappa shape index (κ1) is 14.0.